The summed E-state index contributed by atoms with van der Waals surface area (Å²) < 4.78 is 10.9. The highest BCUT2D eigenvalue weighted by Gasteiger charge is 2.29. The Labute approximate surface area is 125 Å². The fraction of sp³-hybridized carbons (Fsp3) is 0.733. The van der Waals surface area contributed by atoms with Crippen LogP contribution >= 0.6 is 0 Å². The van der Waals surface area contributed by atoms with E-state index in [1.165, 1.54) is 19.2 Å². The van der Waals surface area contributed by atoms with E-state index in [1.807, 2.05) is 4.90 Å². The van der Waals surface area contributed by atoms with Crippen LogP contribution in [0.5, 0.6) is 0 Å². The van der Waals surface area contributed by atoms with Crippen molar-refractivity contribution < 1.29 is 13.9 Å². The van der Waals surface area contributed by atoms with Crippen LogP contribution in [-0.2, 0) is 4.74 Å². The van der Waals surface area contributed by atoms with Gasteiger partial charge in [0.15, 0.2) is 12.1 Å². The van der Waals surface area contributed by atoms with Gasteiger partial charge in [-0.2, -0.15) is 0 Å². The van der Waals surface area contributed by atoms with E-state index >= 15 is 0 Å². The summed E-state index contributed by atoms with van der Waals surface area (Å²) in [5, 5.41) is 0. The molecule has 6 nitrogen and oxygen atoms in total. The minimum atomic E-state index is -0.0561. The Morgan fingerprint density at radius 1 is 1.48 bits per heavy atom. The molecule has 0 aromatic carbocycles. The fourth-order valence-electron chi connectivity index (χ4n) is 2.84. The van der Waals surface area contributed by atoms with Crippen molar-refractivity contribution in [1.29, 1.82) is 0 Å². The Balaban J connectivity index is 1.55. The van der Waals surface area contributed by atoms with Crippen molar-refractivity contribution in [2.45, 2.75) is 25.9 Å². The molecule has 1 saturated heterocycles. The van der Waals surface area contributed by atoms with Gasteiger partial charge in [0.25, 0.3) is 5.91 Å². The summed E-state index contributed by atoms with van der Waals surface area (Å²) in [6.07, 6.45) is 4.11. The Hall–Kier alpha value is -1.40. The van der Waals surface area contributed by atoms with E-state index in [9.17, 15) is 4.79 Å². The lowest BCUT2D eigenvalue weighted by Crippen LogP contribution is -2.49. The lowest BCUT2D eigenvalue weighted by atomic mass is 10.2. The Kier molecular flexibility index (Phi) is 4.26. The Morgan fingerprint density at radius 3 is 2.95 bits per heavy atom. The van der Waals surface area contributed by atoms with E-state index in [-0.39, 0.29) is 12.0 Å². The number of hydrogen-bond donors (Lipinski definition) is 0. The highest BCUT2D eigenvalue weighted by Crippen LogP contribution is 2.29. The third kappa shape index (κ3) is 3.63. The van der Waals surface area contributed by atoms with E-state index in [0.29, 0.717) is 31.2 Å². The number of hydrogen-bond acceptors (Lipinski definition) is 5. The molecule has 2 heterocycles. The summed E-state index contributed by atoms with van der Waals surface area (Å²) in [6, 6.07) is 0. The van der Waals surface area contributed by atoms with Gasteiger partial charge in [-0.1, -0.05) is 0 Å². The molecule has 1 amide bonds. The molecule has 3 rings (SSSR count). The van der Waals surface area contributed by atoms with Gasteiger partial charge in [0, 0.05) is 26.2 Å². The van der Waals surface area contributed by atoms with Gasteiger partial charge in [-0.25, -0.2) is 4.98 Å². The lowest BCUT2D eigenvalue weighted by molar-refractivity contribution is -0.0335. The largest absolute Gasteiger partial charge is 0.448 e. The first-order chi connectivity index (χ1) is 10.1. The van der Waals surface area contributed by atoms with Crippen LogP contribution in [0.4, 0.5) is 0 Å². The van der Waals surface area contributed by atoms with Crippen molar-refractivity contribution in [3.8, 4) is 0 Å². The molecule has 0 unspecified atom stereocenters. The monoisotopic (exact) mass is 293 g/mol. The summed E-state index contributed by atoms with van der Waals surface area (Å²) >= 11 is 0. The highest BCUT2D eigenvalue weighted by atomic mass is 16.5. The van der Waals surface area contributed by atoms with Crippen LogP contribution in [0.1, 0.15) is 29.1 Å². The standard InChI is InChI=1S/C15H23N3O3/c1-11-14(16-10-21-11)15(19)18-5-6-20-13(9-18)8-17(2)7-12-3-4-12/h10,12-13H,3-9H2,1-2H3/t13-/m1/s1. The second-order valence-electron chi connectivity index (χ2n) is 6.17. The molecule has 1 aliphatic heterocycles. The van der Waals surface area contributed by atoms with Gasteiger partial charge in [-0.15, -0.1) is 0 Å². The smallest absolute Gasteiger partial charge is 0.276 e. The average molecular weight is 293 g/mol. The summed E-state index contributed by atoms with van der Waals surface area (Å²) in [6.45, 7) is 5.61. The zero-order valence-corrected chi connectivity index (χ0v) is 12.7. The molecule has 0 bridgehead atoms. The first-order valence-corrected chi connectivity index (χ1v) is 7.63. The third-order valence-electron chi connectivity index (χ3n) is 4.16. The number of aryl methyl sites for hydroxylation is 1. The second-order valence-corrected chi connectivity index (χ2v) is 6.17. The van der Waals surface area contributed by atoms with Crippen LogP contribution in [0.3, 0.4) is 0 Å². The van der Waals surface area contributed by atoms with Crippen LogP contribution in [0, 0.1) is 12.8 Å². The molecule has 1 aromatic rings. The first kappa shape index (κ1) is 14.5. The number of ether oxygens (including phenoxy) is 1. The van der Waals surface area contributed by atoms with Gasteiger partial charge in [-0.05, 0) is 32.7 Å². The molecule has 2 fully saturated rings. The van der Waals surface area contributed by atoms with Crippen LogP contribution in [0.15, 0.2) is 10.8 Å². The van der Waals surface area contributed by atoms with E-state index in [2.05, 4.69) is 16.9 Å². The molecule has 21 heavy (non-hydrogen) atoms. The number of carbonyl (C=O) groups is 1. The molecule has 1 atom stereocenters. The lowest BCUT2D eigenvalue weighted by Gasteiger charge is -2.34. The van der Waals surface area contributed by atoms with Crippen LogP contribution in [0.2, 0.25) is 0 Å². The highest BCUT2D eigenvalue weighted by molar-refractivity contribution is 5.93. The van der Waals surface area contributed by atoms with Crippen LogP contribution in [0.25, 0.3) is 0 Å². The summed E-state index contributed by atoms with van der Waals surface area (Å²) in [7, 11) is 2.13. The zero-order chi connectivity index (χ0) is 14.8. The van der Waals surface area contributed by atoms with Gasteiger partial charge in [-0.3, -0.25) is 4.79 Å². The molecular weight excluding hydrogens is 270 g/mol. The van der Waals surface area contributed by atoms with Crippen molar-refractivity contribution in [2.24, 2.45) is 5.92 Å². The SMILES string of the molecule is Cc1ocnc1C(=O)N1CCO[C@H](CN(C)CC2CC2)C1. The average Bonchev–Trinajstić information content (AvgIpc) is 3.17. The molecule has 1 aromatic heterocycles. The zero-order valence-electron chi connectivity index (χ0n) is 12.7. The molecule has 116 valence electrons. The fourth-order valence-corrected chi connectivity index (χ4v) is 2.84. The third-order valence-corrected chi connectivity index (χ3v) is 4.16. The molecule has 0 radical (unpaired) electrons. The number of nitrogens with zero attached hydrogens (tertiary/aromatic N) is 3. The molecule has 2 aliphatic rings. The van der Waals surface area contributed by atoms with Crippen molar-refractivity contribution >= 4 is 5.91 Å². The first-order valence-electron chi connectivity index (χ1n) is 7.63. The number of carbonyl (C=O) groups excluding carboxylic acids is 1. The molecule has 1 aliphatic carbocycles. The van der Waals surface area contributed by atoms with Crippen molar-refractivity contribution in [3.63, 3.8) is 0 Å². The van der Waals surface area contributed by atoms with Gasteiger partial charge in [0.2, 0.25) is 0 Å². The normalized spacial score (nSPS) is 22.8. The maximum atomic E-state index is 12.4. The van der Waals surface area contributed by atoms with E-state index in [0.717, 1.165) is 19.0 Å². The predicted octanol–water partition coefficient (Wildman–Crippen LogP) is 1.17. The summed E-state index contributed by atoms with van der Waals surface area (Å²) in [5.74, 6) is 1.39. The number of aromatic nitrogens is 1. The number of rotatable bonds is 5. The van der Waals surface area contributed by atoms with Crippen molar-refractivity contribution in [3.05, 3.63) is 17.8 Å². The number of likely N-dealkylation sites (N-methyl/N-ethyl adjacent to an activating group) is 1. The van der Waals surface area contributed by atoms with Crippen LogP contribution < -0.4 is 0 Å². The topological polar surface area (TPSA) is 58.8 Å². The molecule has 6 heteroatoms. The van der Waals surface area contributed by atoms with E-state index in [4.69, 9.17) is 9.15 Å². The van der Waals surface area contributed by atoms with Crippen molar-refractivity contribution in [2.75, 3.05) is 39.8 Å². The molecule has 0 spiro atoms. The summed E-state index contributed by atoms with van der Waals surface area (Å²) in [4.78, 5) is 20.6. The van der Waals surface area contributed by atoms with E-state index in [1.54, 1.807) is 6.92 Å². The second kappa shape index (κ2) is 6.15. The molecule has 0 N–H and O–H groups in total. The summed E-state index contributed by atoms with van der Waals surface area (Å²) in [5.41, 5.74) is 0.419. The minimum absolute atomic E-state index is 0.0561. The number of morpholine rings is 1. The van der Waals surface area contributed by atoms with Gasteiger partial charge >= 0.3 is 0 Å². The Morgan fingerprint density at radius 2 is 2.29 bits per heavy atom. The number of oxazole rings is 1. The number of amides is 1. The van der Waals surface area contributed by atoms with Gasteiger partial charge in [0.05, 0.1) is 12.7 Å². The predicted molar refractivity (Wildman–Crippen MR) is 77.1 cm³/mol. The van der Waals surface area contributed by atoms with Crippen LogP contribution in [-0.4, -0.2) is 66.6 Å². The molecular formula is C15H23N3O3. The Bertz CT molecular complexity index is 498. The minimum Gasteiger partial charge on any atom is -0.448 e. The van der Waals surface area contributed by atoms with Gasteiger partial charge < -0.3 is 19.0 Å². The quantitative estimate of drug-likeness (QED) is 0.815. The van der Waals surface area contributed by atoms with Crippen molar-refractivity contribution in [1.82, 2.24) is 14.8 Å². The maximum Gasteiger partial charge on any atom is 0.276 e. The maximum absolute atomic E-state index is 12.4. The molecule has 1 saturated carbocycles. The van der Waals surface area contributed by atoms with E-state index < -0.39 is 0 Å². The van der Waals surface area contributed by atoms with Gasteiger partial charge in [0.1, 0.15) is 5.76 Å².